The zero-order valence-electron chi connectivity index (χ0n) is 23.6. The molecule has 7 rings (SSSR count). The van der Waals surface area contributed by atoms with Gasteiger partial charge in [0.25, 0.3) is 0 Å². The molecule has 0 N–H and O–H groups in total. The molecule has 1 radical (unpaired) electrons. The van der Waals surface area contributed by atoms with E-state index in [1.165, 1.54) is 16.5 Å². The van der Waals surface area contributed by atoms with Crippen molar-refractivity contribution in [2.75, 3.05) is 0 Å². The van der Waals surface area contributed by atoms with E-state index in [0.717, 1.165) is 43.5 Å². The summed E-state index contributed by atoms with van der Waals surface area (Å²) in [4.78, 5) is 15.5. The molecule has 2 aromatic carbocycles. The number of pyridine rings is 3. The minimum Gasteiger partial charge on any atom is -0.486 e. The van der Waals surface area contributed by atoms with E-state index in [4.69, 9.17) is 13.5 Å². The minimum absolute atomic E-state index is 0. The topological polar surface area (TPSA) is 51.8 Å². The Morgan fingerprint density at radius 2 is 1.68 bits per heavy atom. The summed E-state index contributed by atoms with van der Waals surface area (Å²) in [6, 6.07) is 31.1. The van der Waals surface area contributed by atoms with Crippen molar-refractivity contribution in [1.29, 1.82) is 0 Å². The van der Waals surface area contributed by atoms with Gasteiger partial charge < -0.3 is 9.40 Å². The molecule has 5 aromatic heterocycles. The molecule has 38 heavy (non-hydrogen) atoms. The third kappa shape index (κ3) is 4.91. The second-order valence-electron chi connectivity index (χ2n) is 8.57. The molecule has 0 saturated carbocycles. The van der Waals surface area contributed by atoms with Gasteiger partial charge in [0.05, 0.1) is 5.58 Å². The average molecular weight is 693 g/mol. The van der Waals surface area contributed by atoms with Gasteiger partial charge in [-0.05, 0) is 55.8 Å². The van der Waals surface area contributed by atoms with Gasteiger partial charge in [-0.2, -0.15) is 0 Å². The van der Waals surface area contributed by atoms with Crippen LogP contribution >= 0.6 is 11.3 Å². The predicted molar refractivity (Wildman–Crippen MR) is 152 cm³/mol. The van der Waals surface area contributed by atoms with Gasteiger partial charge in [0.2, 0.25) is 5.71 Å². The molecule has 0 fully saturated rings. The van der Waals surface area contributed by atoms with Crippen molar-refractivity contribution in [3.63, 3.8) is 0 Å². The number of thiophene rings is 1. The van der Waals surface area contributed by atoms with E-state index >= 15 is 0 Å². The number of aryl methyl sites for hydroxylation is 3. The molecule has 0 saturated heterocycles. The summed E-state index contributed by atoms with van der Waals surface area (Å²) in [5.74, 6) is 0. The molecular formula is C32H23IrN3OS-2. The zero-order chi connectivity index (χ0) is 27.9. The van der Waals surface area contributed by atoms with Crippen molar-refractivity contribution in [2.24, 2.45) is 0 Å². The molecule has 7 aromatic rings. The number of aromatic nitrogens is 3. The second-order valence-corrected chi connectivity index (χ2v) is 9.77. The van der Waals surface area contributed by atoms with E-state index < -0.39 is 6.85 Å². The molecule has 0 aliphatic carbocycles. The Kier molecular flexibility index (Phi) is 6.43. The van der Waals surface area contributed by atoms with Crippen molar-refractivity contribution in [3.05, 3.63) is 113 Å². The molecule has 6 heteroatoms. The number of furan rings is 1. The van der Waals surface area contributed by atoms with Crippen LogP contribution in [0.15, 0.2) is 89.5 Å². The maximum Gasteiger partial charge on any atom is 0.216 e. The van der Waals surface area contributed by atoms with Crippen LogP contribution in [0.4, 0.5) is 0 Å². The van der Waals surface area contributed by atoms with Crippen LogP contribution in [-0.2, 0) is 20.1 Å². The van der Waals surface area contributed by atoms with Crippen molar-refractivity contribution in [1.82, 2.24) is 15.0 Å². The Morgan fingerprint density at radius 3 is 2.47 bits per heavy atom. The van der Waals surface area contributed by atoms with Crippen LogP contribution in [0, 0.1) is 32.8 Å². The summed E-state index contributed by atoms with van der Waals surface area (Å²) in [5, 5.41) is 2.81. The Morgan fingerprint density at radius 1 is 0.816 bits per heavy atom. The van der Waals surface area contributed by atoms with Crippen molar-refractivity contribution < 1.29 is 28.6 Å². The molecule has 0 spiro atoms. The van der Waals surface area contributed by atoms with Gasteiger partial charge in [-0.15, -0.1) is 65.4 Å². The van der Waals surface area contributed by atoms with Crippen LogP contribution in [-0.4, -0.2) is 15.0 Å². The molecule has 0 bridgehead atoms. The first-order chi connectivity index (χ1) is 19.3. The van der Waals surface area contributed by atoms with Crippen LogP contribution in [0.25, 0.3) is 54.8 Å². The van der Waals surface area contributed by atoms with Crippen LogP contribution in [0.5, 0.6) is 0 Å². The summed E-state index contributed by atoms with van der Waals surface area (Å²) in [5.41, 5.74) is 5.74. The SMILES string of the molecule is [2H]C([2H])([2H])c1ccc2c(n1)oc1c(-c3ccc4c(C)c(C)sc4n3)[c-]ccc12.[Ir].[c-]1ccccc1-c1ccccn1. The standard InChI is InChI=1S/C21H15N2OS.C11H8N.Ir/c1-11-7-8-16-15-5-4-6-17(19(15)24-20(16)22-11)18-10-9-14-12(2)13(3)25-21(14)23-18;1-2-6-10(7-3-1)11-8-4-5-9-12-11;/h4-5,7-10H,1-3H3;1-6,8-9H;/q2*-1;/i1D3;;. The predicted octanol–water partition coefficient (Wildman–Crippen LogP) is 8.53. The summed E-state index contributed by atoms with van der Waals surface area (Å²) in [6.45, 7) is 1.93. The molecular weight excluding hydrogens is 667 g/mol. The van der Waals surface area contributed by atoms with Crippen LogP contribution in [0.3, 0.4) is 0 Å². The van der Waals surface area contributed by atoms with Gasteiger partial charge in [0, 0.05) is 51.8 Å². The second kappa shape index (κ2) is 11.0. The number of fused-ring (bicyclic) bond motifs is 4. The summed E-state index contributed by atoms with van der Waals surface area (Å²) in [7, 11) is 0. The number of nitrogens with zero attached hydrogens (tertiary/aromatic N) is 3. The Balaban J connectivity index is 0.000000218. The van der Waals surface area contributed by atoms with Gasteiger partial charge in [-0.1, -0.05) is 35.2 Å². The minimum atomic E-state index is -2.27. The van der Waals surface area contributed by atoms with Crippen molar-refractivity contribution >= 4 is 43.6 Å². The first-order valence-electron chi connectivity index (χ1n) is 13.3. The van der Waals surface area contributed by atoms with Gasteiger partial charge in [0.1, 0.15) is 4.83 Å². The van der Waals surface area contributed by atoms with Crippen molar-refractivity contribution in [2.45, 2.75) is 20.7 Å². The monoisotopic (exact) mass is 693 g/mol. The zero-order valence-corrected chi connectivity index (χ0v) is 23.8. The van der Waals surface area contributed by atoms with E-state index in [2.05, 4.69) is 42.0 Å². The first-order valence-corrected chi connectivity index (χ1v) is 12.6. The quantitative estimate of drug-likeness (QED) is 0.171. The van der Waals surface area contributed by atoms with Crippen LogP contribution in [0.2, 0.25) is 0 Å². The molecule has 0 aliphatic rings. The van der Waals surface area contributed by atoms with E-state index in [9.17, 15) is 0 Å². The molecule has 0 unspecified atom stereocenters. The molecule has 4 nitrogen and oxygen atoms in total. The Bertz CT molecular complexity index is 1930. The molecule has 0 atom stereocenters. The third-order valence-corrected chi connectivity index (χ3v) is 7.36. The van der Waals surface area contributed by atoms with Gasteiger partial charge >= 0.3 is 0 Å². The largest absolute Gasteiger partial charge is 0.486 e. The summed E-state index contributed by atoms with van der Waals surface area (Å²) >= 11 is 1.67. The maximum absolute atomic E-state index is 7.57. The molecule has 0 aliphatic heterocycles. The van der Waals surface area contributed by atoms with Gasteiger partial charge in [0.15, 0.2) is 0 Å². The smallest absolute Gasteiger partial charge is 0.216 e. The molecule has 189 valence electrons. The normalized spacial score (nSPS) is 12.3. The number of hydrogen-bond acceptors (Lipinski definition) is 5. The van der Waals surface area contributed by atoms with Gasteiger partial charge in [-0.3, -0.25) is 4.98 Å². The first kappa shape index (κ1) is 22.3. The van der Waals surface area contributed by atoms with Crippen LogP contribution < -0.4 is 0 Å². The van der Waals surface area contributed by atoms with Gasteiger partial charge in [-0.25, -0.2) is 4.98 Å². The van der Waals surface area contributed by atoms with E-state index in [0.29, 0.717) is 11.3 Å². The number of benzene rings is 2. The van der Waals surface area contributed by atoms with E-state index in [1.54, 1.807) is 23.6 Å². The number of hydrogen-bond donors (Lipinski definition) is 0. The molecule has 5 heterocycles. The van der Waals surface area contributed by atoms with E-state index in [-0.39, 0.29) is 25.8 Å². The van der Waals surface area contributed by atoms with E-state index in [1.807, 2.05) is 60.7 Å². The molecule has 0 amide bonds. The summed E-state index contributed by atoms with van der Waals surface area (Å²) in [6.07, 6.45) is 1.79. The van der Waals surface area contributed by atoms with Crippen molar-refractivity contribution in [3.8, 4) is 22.5 Å². The number of rotatable bonds is 2. The fourth-order valence-electron chi connectivity index (χ4n) is 4.24. The third-order valence-electron chi connectivity index (χ3n) is 6.25. The fourth-order valence-corrected chi connectivity index (χ4v) is 5.27. The Labute approximate surface area is 243 Å². The maximum atomic E-state index is 7.57. The fraction of sp³-hybridized carbons (Fsp3) is 0.0938. The average Bonchev–Trinajstić information content (AvgIpc) is 3.49. The van der Waals surface area contributed by atoms with Crippen LogP contribution in [0.1, 0.15) is 20.2 Å². The summed E-state index contributed by atoms with van der Waals surface area (Å²) < 4.78 is 28.7. The Hall–Kier alpha value is -3.70.